The maximum absolute atomic E-state index is 5.57. The molecule has 0 radical (unpaired) electrons. The van der Waals surface area contributed by atoms with Crippen molar-refractivity contribution in [1.82, 2.24) is 14.5 Å². The Morgan fingerprint density at radius 1 is 1.26 bits per heavy atom. The van der Waals surface area contributed by atoms with Crippen molar-refractivity contribution in [2.75, 3.05) is 20.3 Å². The van der Waals surface area contributed by atoms with Gasteiger partial charge in [0.1, 0.15) is 17.1 Å². The first-order valence-electron chi connectivity index (χ1n) is 7.87. The number of fused-ring (bicyclic) bond motifs is 1. The van der Waals surface area contributed by atoms with Gasteiger partial charge in [0.05, 0.1) is 19.8 Å². The molecule has 1 aliphatic heterocycles. The van der Waals surface area contributed by atoms with E-state index in [1.165, 1.54) is 5.56 Å². The highest BCUT2D eigenvalue weighted by atomic mass is 16.5. The van der Waals surface area contributed by atoms with Gasteiger partial charge in [-0.1, -0.05) is 12.1 Å². The van der Waals surface area contributed by atoms with Crippen LogP contribution in [0.25, 0.3) is 11.2 Å². The molecule has 118 valence electrons. The van der Waals surface area contributed by atoms with Crippen LogP contribution >= 0.6 is 0 Å². The van der Waals surface area contributed by atoms with Gasteiger partial charge in [0.15, 0.2) is 5.65 Å². The summed E-state index contributed by atoms with van der Waals surface area (Å²) in [5, 5.41) is 0. The first-order chi connectivity index (χ1) is 11.3. The molecule has 0 bridgehead atoms. The maximum atomic E-state index is 5.57. The number of methoxy groups -OCH3 is 1. The second-order valence-electron chi connectivity index (χ2n) is 5.79. The first-order valence-corrected chi connectivity index (χ1v) is 7.87. The average molecular weight is 309 g/mol. The average Bonchev–Trinajstić information content (AvgIpc) is 3.22. The fourth-order valence-electron chi connectivity index (χ4n) is 3.14. The number of benzene rings is 1. The molecule has 2 aromatic heterocycles. The Labute approximate surface area is 134 Å². The standard InChI is InChI=1S/C18H19N3O2/c1-22-15-6-4-13(5-7-15)11-17-20-16-3-2-9-19-18(16)21(17)14-8-10-23-12-14/h2-7,9,14H,8,10-12H2,1H3. The Morgan fingerprint density at radius 3 is 2.87 bits per heavy atom. The third-order valence-corrected chi connectivity index (χ3v) is 4.31. The van der Waals surface area contributed by atoms with E-state index in [0.29, 0.717) is 6.04 Å². The molecule has 0 saturated carbocycles. The van der Waals surface area contributed by atoms with Gasteiger partial charge in [-0.15, -0.1) is 0 Å². The molecule has 0 spiro atoms. The summed E-state index contributed by atoms with van der Waals surface area (Å²) in [5.74, 6) is 1.91. The fourth-order valence-corrected chi connectivity index (χ4v) is 3.14. The van der Waals surface area contributed by atoms with Crippen LogP contribution in [-0.4, -0.2) is 34.9 Å². The van der Waals surface area contributed by atoms with Gasteiger partial charge in [-0.3, -0.25) is 0 Å². The van der Waals surface area contributed by atoms with E-state index >= 15 is 0 Å². The topological polar surface area (TPSA) is 49.2 Å². The molecule has 3 heterocycles. The van der Waals surface area contributed by atoms with E-state index in [1.807, 2.05) is 30.5 Å². The predicted molar refractivity (Wildman–Crippen MR) is 87.8 cm³/mol. The number of aromatic nitrogens is 3. The highest BCUT2D eigenvalue weighted by Gasteiger charge is 2.23. The molecule has 1 unspecified atom stereocenters. The van der Waals surface area contributed by atoms with Gasteiger partial charge in [0.2, 0.25) is 0 Å². The maximum Gasteiger partial charge on any atom is 0.160 e. The molecule has 5 nitrogen and oxygen atoms in total. The third-order valence-electron chi connectivity index (χ3n) is 4.31. The van der Waals surface area contributed by atoms with Crippen molar-refractivity contribution >= 4 is 11.2 Å². The lowest BCUT2D eigenvalue weighted by atomic mass is 10.1. The summed E-state index contributed by atoms with van der Waals surface area (Å²) in [6, 6.07) is 12.4. The zero-order valence-electron chi connectivity index (χ0n) is 13.1. The summed E-state index contributed by atoms with van der Waals surface area (Å²) in [4.78, 5) is 9.35. The minimum Gasteiger partial charge on any atom is -0.497 e. The number of nitrogens with zero attached hydrogens (tertiary/aromatic N) is 3. The molecular weight excluding hydrogens is 290 g/mol. The zero-order valence-corrected chi connectivity index (χ0v) is 13.1. The number of hydrogen-bond acceptors (Lipinski definition) is 4. The van der Waals surface area contributed by atoms with Crippen LogP contribution in [0.3, 0.4) is 0 Å². The van der Waals surface area contributed by atoms with E-state index in [9.17, 15) is 0 Å². The van der Waals surface area contributed by atoms with E-state index in [4.69, 9.17) is 14.5 Å². The van der Waals surface area contributed by atoms with Crippen molar-refractivity contribution in [2.24, 2.45) is 0 Å². The Hall–Kier alpha value is -2.40. The molecule has 3 aromatic rings. The van der Waals surface area contributed by atoms with Crippen molar-refractivity contribution in [2.45, 2.75) is 18.9 Å². The van der Waals surface area contributed by atoms with E-state index < -0.39 is 0 Å². The minimum atomic E-state index is 0.322. The minimum absolute atomic E-state index is 0.322. The Kier molecular flexibility index (Phi) is 3.71. The molecule has 5 heteroatoms. The second-order valence-corrected chi connectivity index (χ2v) is 5.79. The van der Waals surface area contributed by atoms with E-state index in [0.717, 1.165) is 48.8 Å². The van der Waals surface area contributed by atoms with Gasteiger partial charge in [0, 0.05) is 19.2 Å². The van der Waals surface area contributed by atoms with Gasteiger partial charge < -0.3 is 14.0 Å². The van der Waals surface area contributed by atoms with E-state index in [-0.39, 0.29) is 0 Å². The molecule has 0 N–H and O–H groups in total. The Balaban J connectivity index is 1.74. The van der Waals surface area contributed by atoms with Crippen molar-refractivity contribution in [1.29, 1.82) is 0 Å². The number of rotatable bonds is 4. The van der Waals surface area contributed by atoms with Crippen LogP contribution in [0, 0.1) is 0 Å². The molecule has 0 amide bonds. The van der Waals surface area contributed by atoms with Crippen molar-refractivity contribution in [3.05, 3.63) is 54.0 Å². The van der Waals surface area contributed by atoms with Crippen molar-refractivity contribution in [3.63, 3.8) is 0 Å². The molecule has 1 saturated heterocycles. The molecule has 1 aromatic carbocycles. The molecule has 4 rings (SSSR count). The lowest BCUT2D eigenvalue weighted by Crippen LogP contribution is -2.13. The molecule has 0 aliphatic carbocycles. The summed E-state index contributed by atoms with van der Waals surface area (Å²) < 4.78 is 13.1. The van der Waals surface area contributed by atoms with Gasteiger partial charge in [-0.25, -0.2) is 9.97 Å². The van der Waals surface area contributed by atoms with Crippen molar-refractivity contribution < 1.29 is 9.47 Å². The molecule has 1 atom stereocenters. The van der Waals surface area contributed by atoms with Crippen LogP contribution in [0.4, 0.5) is 0 Å². The van der Waals surface area contributed by atoms with Gasteiger partial charge in [-0.05, 0) is 36.2 Å². The Bertz CT molecular complexity index is 805. The zero-order chi connectivity index (χ0) is 15.6. The van der Waals surface area contributed by atoms with Crippen molar-refractivity contribution in [3.8, 4) is 5.75 Å². The number of imidazole rings is 1. The van der Waals surface area contributed by atoms with Crippen LogP contribution in [0.5, 0.6) is 5.75 Å². The van der Waals surface area contributed by atoms with Gasteiger partial charge in [0.25, 0.3) is 0 Å². The SMILES string of the molecule is COc1ccc(Cc2nc3cccnc3n2C2CCOC2)cc1. The number of ether oxygens (including phenoxy) is 2. The number of hydrogen-bond donors (Lipinski definition) is 0. The Morgan fingerprint density at radius 2 is 2.13 bits per heavy atom. The highest BCUT2D eigenvalue weighted by molar-refractivity contribution is 5.71. The monoisotopic (exact) mass is 309 g/mol. The van der Waals surface area contributed by atoms with Gasteiger partial charge >= 0.3 is 0 Å². The first kappa shape index (κ1) is 14.2. The summed E-state index contributed by atoms with van der Waals surface area (Å²) in [6.07, 6.45) is 3.61. The van der Waals surface area contributed by atoms with Crippen LogP contribution < -0.4 is 4.74 Å². The lowest BCUT2D eigenvalue weighted by molar-refractivity contribution is 0.186. The largest absolute Gasteiger partial charge is 0.497 e. The molecule has 1 fully saturated rings. The lowest BCUT2D eigenvalue weighted by Gasteiger charge is -2.14. The van der Waals surface area contributed by atoms with Crippen LogP contribution in [-0.2, 0) is 11.2 Å². The van der Waals surface area contributed by atoms with E-state index in [1.54, 1.807) is 7.11 Å². The van der Waals surface area contributed by atoms with Crippen LogP contribution in [0.15, 0.2) is 42.6 Å². The van der Waals surface area contributed by atoms with Crippen LogP contribution in [0.2, 0.25) is 0 Å². The number of pyridine rings is 1. The van der Waals surface area contributed by atoms with Crippen LogP contribution in [0.1, 0.15) is 23.9 Å². The van der Waals surface area contributed by atoms with Gasteiger partial charge in [-0.2, -0.15) is 0 Å². The summed E-state index contributed by atoms with van der Waals surface area (Å²) in [6.45, 7) is 1.54. The normalized spacial score (nSPS) is 17.7. The molecular formula is C18H19N3O2. The molecule has 1 aliphatic rings. The summed E-state index contributed by atoms with van der Waals surface area (Å²) in [5.41, 5.74) is 3.11. The smallest absolute Gasteiger partial charge is 0.160 e. The highest BCUT2D eigenvalue weighted by Crippen LogP contribution is 2.27. The second kappa shape index (κ2) is 6.01. The summed E-state index contributed by atoms with van der Waals surface area (Å²) >= 11 is 0. The van der Waals surface area contributed by atoms with E-state index in [2.05, 4.69) is 21.7 Å². The predicted octanol–water partition coefficient (Wildman–Crippen LogP) is 2.99. The fraction of sp³-hybridized carbons (Fsp3) is 0.333. The quantitative estimate of drug-likeness (QED) is 0.743. The summed E-state index contributed by atoms with van der Waals surface area (Å²) in [7, 11) is 1.68. The third kappa shape index (κ3) is 2.68. The molecule has 23 heavy (non-hydrogen) atoms.